The van der Waals surface area contributed by atoms with Crippen molar-refractivity contribution in [1.82, 2.24) is 0 Å². The van der Waals surface area contributed by atoms with Gasteiger partial charge in [-0.2, -0.15) is 26.3 Å². The van der Waals surface area contributed by atoms with Crippen molar-refractivity contribution in [2.75, 3.05) is 11.9 Å². The van der Waals surface area contributed by atoms with Crippen LogP contribution in [0.3, 0.4) is 0 Å². The molecule has 0 radical (unpaired) electrons. The normalized spacial score (nSPS) is 16.0. The van der Waals surface area contributed by atoms with Crippen molar-refractivity contribution in [3.8, 4) is 5.75 Å². The molecule has 0 fully saturated rings. The molecule has 0 spiro atoms. The maximum atomic E-state index is 12.7. The highest BCUT2D eigenvalue weighted by atomic mass is 19.4. The van der Waals surface area contributed by atoms with E-state index in [1.165, 1.54) is 0 Å². The van der Waals surface area contributed by atoms with E-state index >= 15 is 0 Å². The number of anilines is 1. The van der Waals surface area contributed by atoms with Crippen LogP contribution in [0.25, 0.3) is 0 Å². The van der Waals surface area contributed by atoms with Gasteiger partial charge in [0.05, 0.1) is 5.69 Å². The zero-order valence-corrected chi connectivity index (χ0v) is 9.97. The Balaban J connectivity index is 2.56. The fourth-order valence-electron chi connectivity index (χ4n) is 1.79. The van der Waals surface area contributed by atoms with Crippen LogP contribution in [0.1, 0.15) is 5.56 Å². The Kier molecular flexibility index (Phi) is 3.32. The topological polar surface area (TPSA) is 58.6 Å². The third-order valence-electron chi connectivity index (χ3n) is 2.85. The van der Waals surface area contributed by atoms with Crippen LogP contribution in [0.5, 0.6) is 5.75 Å². The van der Waals surface area contributed by atoms with E-state index in [4.69, 9.17) is 4.74 Å². The lowest BCUT2D eigenvalue weighted by Crippen LogP contribution is -2.53. The Morgan fingerprint density at radius 2 is 1.67 bits per heavy atom. The van der Waals surface area contributed by atoms with Crippen molar-refractivity contribution in [3.63, 3.8) is 0 Å². The molecular formula is C11H7F6NO3. The number of alkyl halides is 6. The van der Waals surface area contributed by atoms with E-state index < -0.39 is 36.0 Å². The maximum Gasteiger partial charge on any atom is 0.430 e. The van der Waals surface area contributed by atoms with Crippen LogP contribution in [-0.2, 0) is 10.4 Å². The fourth-order valence-corrected chi connectivity index (χ4v) is 1.79. The summed E-state index contributed by atoms with van der Waals surface area (Å²) in [6, 6.07) is 1.62. The number of carbonyl (C=O) groups excluding carboxylic acids is 1. The van der Waals surface area contributed by atoms with Crippen molar-refractivity contribution >= 4 is 11.6 Å². The second-order valence-electron chi connectivity index (χ2n) is 4.25. The molecule has 116 valence electrons. The maximum absolute atomic E-state index is 12.7. The molecule has 2 N–H and O–H groups in total. The molecule has 0 aromatic heterocycles. The molecule has 1 aromatic rings. The molecule has 10 heteroatoms. The largest absolute Gasteiger partial charge is 0.482 e. The van der Waals surface area contributed by atoms with E-state index in [1.54, 1.807) is 0 Å². The Morgan fingerprint density at radius 3 is 2.19 bits per heavy atom. The number of benzene rings is 1. The number of amides is 1. The minimum atomic E-state index is -5.97. The van der Waals surface area contributed by atoms with Crippen molar-refractivity contribution in [2.45, 2.75) is 18.0 Å². The monoisotopic (exact) mass is 315 g/mol. The predicted octanol–water partition coefficient (Wildman–Crippen LogP) is 2.33. The Labute approximate surface area is 113 Å². The summed E-state index contributed by atoms with van der Waals surface area (Å²) >= 11 is 0. The number of ether oxygens (including phenoxy) is 1. The fraction of sp³-hybridized carbons (Fsp3) is 0.364. The molecule has 1 heterocycles. The van der Waals surface area contributed by atoms with Crippen LogP contribution in [0, 0.1) is 0 Å². The van der Waals surface area contributed by atoms with Crippen molar-refractivity contribution < 1.29 is 41.0 Å². The number of carbonyl (C=O) groups is 1. The second kappa shape index (κ2) is 4.52. The van der Waals surface area contributed by atoms with E-state index in [9.17, 15) is 36.2 Å². The van der Waals surface area contributed by atoms with Crippen LogP contribution in [0.2, 0.25) is 0 Å². The third-order valence-corrected chi connectivity index (χ3v) is 2.85. The average Bonchev–Trinajstić information content (AvgIpc) is 2.34. The van der Waals surface area contributed by atoms with E-state index in [-0.39, 0.29) is 11.4 Å². The molecule has 0 bridgehead atoms. The molecule has 0 saturated heterocycles. The molecule has 0 aliphatic carbocycles. The summed E-state index contributed by atoms with van der Waals surface area (Å²) in [5, 5.41) is 11.4. The predicted molar refractivity (Wildman–Crippen MR) is 56.6 cm³/mol. The van der Waals surface area contributed by atoms with Crippen LogP contribution >= 0.6 is 0 Å². The lowest BCUT2D eigenvalue weighted by molar-refractivity contribution is -0.376. The highest BCUT2D eigenvalue weighted by Gasteiger charge is 2.71. The third kappa shape index (κ3) is 2.39. The van der Waals surface area contributed by atoms with Gasteiger partial charge < -0.3 is 15.2 Å². The van der Waals surface area contributed by atoms with Crippen LogP contribution in [0.4, 0.5) is 32.0 Å². The SMILES string of the molecule is O=C1COc2cc(C(O)(C(F)(F)F)C(F)(F)F)ccc2N1. The van der Waals surface area contributed by atoms with Gasteiger partial charge in [0.1, 0.15) is 5.75 Å². The van der Waals surface area contributed by atoms with Gasteiger partial charge in [-0.25, -0.2) is 0 Å². The van der Waals surface area contributed by atoms with E-state index in [0.29, 0.717) is 12.1 Å². The number of rotatable bonds is 1. The summed E-state index contributed by atoms with van der Waals surface area (Å²) in [7, 11) is 0. The zero-order chi connectivity index (χ0) is 16.1. The Hall–Kier alpha value is -1.97. The highest BCUT2D eigenvalue weighted by molar-refractivity contribution is 5.95. The number of hydrogen-bond acceptors (Lipinski definition) is 3. The van der Waals surface area contributed by atoms with E-state index in [2.05, 4.69) is 5.32 Å². The van der Waals surface area contributed by atoms with Gasteiger partial charge >= 0.3 is 12.4 Å². The smallest absolute Gasteiger partial charge is 0.430 e. The average molecular weight is 315 g/mol. The van der Waals surface area contributed by atoms with Crippen molar-refractivity contribution in [1.29, 1.82) is 0 Å². The van der Waals surface area contributed by atoms with Gasteiger partial charge in [-0.1, -0.05) is 6.07 Å². The molecule has 0 saturated carbocycles. The molecule has 21 heavy (non-hydrogen) atoms. The molecule has 1 aliphatic heterocycles. The lowest BCUT2D eigenvalue weighted by Gasteiger charge is -2.33. The second-order valence-corrected chi connectivity index (χ2v) is 4.25. The van der Waals surface area contributed by atoms with Crippen molar-refractivity contribution in [3.05, 3.63) is 23.8 Å². The number of fused-ring (bicyclic) bond motifs is 1. The van der Waals surface area contributed by atoms with Gasteiger partial charge in [-0.15, -0.1) is 0 Å². The van der Waals surface area contributed by atoms with Crippen LogP contribution in [-0.4, -0.2) is 30.0 Å². The number of halogens is 6. The molecular weight excluding hydrogens is 308 g/mol. The zero-order valence-electron chi connectivity index (χ0n) is 9.97. The molecule has 1 aliphatic rings. The summed E-state index contributed by atoms with van der Waals surface area (Å²) in [4.78, 5) is 11.0. The summed E-state index contributed by atoms with van der Waals surface area (Å²) in [6.07, 6.45) is -11.9. The summed E-state index contributed by atoms with van der Waals surface area (Å²) in [6.45, 7) is -0.549. The quantitative estimate of drug-likeness (QED) is 0.782. The van der Waals surface area contributed by atoms with Gasteiger partial charge in [0, 0.05) is 5.56 Å². The van der Waals surface area contributed by atoms with Crippen LogP contribution < -0.4 is 10.1 Å². The molecule has 0 atom stereocenters. The molecule has 1 amide bonds. The molecule has 2 rings (SSSR count). The first-order chi connectivity index (χ1) is 9.47. The summed E-state index contributed by atoms with van der Waals surface area (Å²) in [5.41, 5.74) is -6.56. The number of aliphatic hydroxyl groups is 1. The number of nitrogens with one attached hydrogen (secondary N) is 1. The minimum Gasteiger partial charge on any atom is -0.482 e. The Bertz CT molecular complexity index is 566. The van der Waals surface area contributed by atoms with Gasteiger partial charge in [0.2, 0.25) is 0 Å². The molecule has 0 unspecified atom stereocenters. The summed E-state index contributed by atoms with van der Waals surface area (Å²) in [5.74, 6) is -0.990. The van der Waals surface area contributed by atoms with Gasteiger partial charge in [-0.3, -0.25) is 4.79 Å². The molecule has 1 aromatic carbocycles. The van der Waals surface area contributed by atoms with E-state index in [1.807, 2.05) is 0 Å². The first-order valence-electron chi connectivity index (χ1n) is 5.40. The lowest BCUT2D eigenvalue weighted by atomic mass is 9.91. The minimum absolute atomic E-state index is 0.0818. The summed E-state index contributed by atoms with van der Waals surface area (Å²) < 4.78 is 80.9. The highest BCUT2D eigenvalue weighted by Crippen LogP contribution is 2.51. The first-order valence-corrected chi connectivity index (χ1v) is 5.40. The molecule has 4 nitrogen and oxygen atoms in total. The van der Waals surface area contributed by atoms with Gasteiger partial charge in [0.25, 0.3) is 11.5 Å². The first kappa shape index (κ1) is 15.4. The van der Waals surface area contributed by atoms with Crippen LogP contribution in [0.15, 0.2) is 18.2 Å². The number of hydrogen-bond donors (Lipinski definition) is 2. The van der Waals surface area contributed by atoms with Crippen molar-refractivity contribution in [2.24, 2.45) is 0 Å². The van der Waals surface area contributed by atoms with Gasteiger partial charge in [0.15, 0.2) is 6.61 Å². The standard InChI is InChI=1S/C11H7F6NO3/c12-10(13,14)9(20,11(15,16)17)5-1-2-6-7(3-5)21-4-8(19)18-6/h1-3,20H,4H2,(H,18,19). The Morgan fingerprint density at radius 1 is 1.10 bits per heavy atom. The van der Waals surface area contributed by atoms with E-state index in [0.717, 1.165) is 6.07 Å². The van der Waals surface area contributed by atoms with Gasteiger partial charge in [-0.05, 0) is 12.1 Å².